The number of ketones is 2. The second-order valence-electron chi connectivity index (χ2n) is 13.7. The Bertz CT molecular complexity index is 4090. The Morgan fingerprint density at radius 2 is 0.786 bits per heavy atom. The quantitative estimate of drug-likeness (QED) is 0.224. The van der Waals surface area contributed by atoms with Crippen LogP contribution >= 0.6 is 0 Å². The van der Waals surface area contributed by atoms with Crippen molar-refractivity contribution in [3.05, 3.63) is 133 Å². The van der Waals surface area contributed by atoms with Crippen molar-refractivity contribution in [2.45, 2.75) is 0 Å². The molecule has 0 amide bonds. The molecule has 0 aliphatic carbocycles. The highest BCUT2D eigenvalue weighted by Gasteiger charge is 2.35. The number of nitrogens with two attached hydrogens (primary N) is 2. The molecule has 0 saturated carbocycles. The lowest BCUT2D eigenvalue weighted by atomic mass is 10.1. The number of hydrogen-bond donors (Lipinski definition) is 2. The van der Waals surface area contributed by atoms with Gasteiger partial charge in [0.1, 0.15) is 11.5 Å². The van der Waals surface area contributed by atoms with Crippen molar-refractivity contribution in [1.29, 1.82) is 0 Å². The summed E-state index contributed by atoms with van der Waals surface area (Å²) in [6.45, 7) is 0. The maximum atomic E-state index is 14.1. The number of carbonyl (C=O) groups excluding carboxylic acids is 2. The van der Waals surface area contributed by atoms with Gasteiger partial charge in [-0.3, -0.25) is 38.4 Å². The second kappa shape index (κ2) is 9.39. The molecule has 3 aliphatic heterocycles. The van der Waals surface area contributed by atoms with Crippen LogP contribution in [0.3, 0.4) is 0 Å². The van der Waals surface area contributed by atoms with Crippen LogP contribution in [0.15, 0.2) is 77.6 Å². The Morgan fingerprint density at radius 1 is 0.375 bits per heavy atom. The molecule has 10 aromatic rings. The van der Waals surface area contributed by atoms with E-state index in [1.807, 2.05) is 0 Å². The SMILES string of the molecule is Nc1nc2nc(nc(=O)c(N)c3c(cnc4nc(ncc5c1c1c(=O)c1c1c(=O)c51)-c1ccccc1-4)c1c(=O)c1c1c(=O)c31)C(=O)c1ccc(c3c(=O)c13)C2=O. The summed E-state index contributed by atoms with van der Waals surface area (Å²) in [4.78, 5) is 133. The Morgan fingerprint density at radius 3 is 1.34 bits per heavy atom. The lowest BCUT2D eigenvalue weighted by Gasteiger charge is -1.99. The van der Waals surface area contributed by atoms with Crippen LogP contribution in [0, 0.1) is 0 Å². The van der Waals surface area contributed by atoms with E-state index in [4.69, 9.17) is 11.5 Å². The van der Waals surface area contributed by atoms with Crippen LogP contribution < -0.4 is 44.2 Å². The molecule has 16 nitrogen and oxygen atoms in total. The minimum absolute atomic E-state index is 0.00473. The largest absolute Gasteiger partial charge is 0.394 e. The molecule has 0 radical (unpaired) electrons. The van der Waals surface area contributed by atoms with Gasteiger partial charge in [0.2, 0.25) is 23.2 Å². The molecule has 0 spiro atoms. The first-order chi connectivity index (χ1) is 27.0. The van der Waals surface area contributed by atoms with E-state index in [0.29, 0.717) is 11.1 Å². The number of hydrogen-bond acceptors (Lipinski definition) is 16. The fourth-order valence-electron chi connectivity index (χ4n) is 7.92. The van der Waals surface area contributed by atoms with Crippen LogP contribution in [0.4, 0.5) is 11.5 Å². The predicted molar refractivity (Wildman–Crippen MR) is 205 cm³/mol. The van der Waals surface area contributed by atoms with Crippen LogP contribution in [0.5, 0.6) is 0 Å². The molecule has 4 heterocycles. The van der Waals surface area contributed by atoms with E-state index >= 15 is 0 Å². The zero-order chi connectivity index (χ0) is 38.4. The van der Waals surface area contributed by atoms with Gasteiger partial charge < -0.3 is 11.5 Å². The van der Waals surface area contributed by atoms with Crippen LogP contribution in [0.25, 0.3) is 98.2 Å². The summed E-state index contributed by atoms with van der Waals surface area (Å²) in [5.41, 5.74) is 9.37. The molecule has 16 heteroatoms. The van der Waals surface area contributed by atoms with Crippen molar-refractivity contribution in [1.82, 2.24) is 29.9 Å². The van der Waals surface area contributed by atoms with E-state index in [-0.39, 0.29) is 98.2 Å². The van der Waals surface area contributed by atoms with Crippen molar-refractivity contribution in [2.75, 3.05) is 11.5 Å². The number of nitrogen functional groups attached to an aromatic ring is 2. The van der Waals surface area contributed by atoms with Crippen molar-refractivity contribution in [3.8, 4) is 22.8 Å². The van der Waals surface area contributed by atoms with Crippen molar-refractivity contribution < 1.29 is 9.59 Å². The van der Waals surface area contributed by atoms with Gasteiger partial charge in [0.05, 0.1) is 0 Å². The molecule has 9 aromatic carbocycles. The lowest BCUT2D eigenvalue weighted by Crippen LogP contribution is -2.17. The van der Waals surface area contributed by atoms with Gasteiger partial charge in [-0.25, -0.2) is 24.9 Å². The monoisotopic (exact) mass is 732 g/mol. The molecule has 0 fully saturated rings. The molecular formula is C40H12N8O8. The van der Waals surface area contributed by atoms with Gasteiger partial charge >= 0.3 is 0 Å². The van der Waals surface area contributed by atoms with E-state index in [1.54, 1.807) is 24.3 Å². The molecule has 0 saturated heterocycles. The maximum absolute atomic E-state index is 14.1. The van der Waals surface area contributed by atoms with Gasteiger partial charge in [0.25, 0.3) is 5.56 Å². The molecule has 1 aromatic heterocycles. The number of rotatable bonds is 0. The summed E-state index contributed by atoms with van der Waals surface area (Å²) in [5, 5.41) is 0.881. The average Bonchev–Trinajstić information content (AvgIpc) is 4.12. The van der Waals surface area contributed by atoms with Gasteiger partial charge in [-0.15, -0.1) is 0 Å². The highest BCUT2D eigenvalue weighted by Crippen LogP contribution is 2.41. The molecule has 13 rings (SSSR count). The molecule has 56 heavy (non-hydrogen) atoms. The zero-order valence-electron chi connectivity index (χ0n) is 27.7. The van der Waals surface area contributed by atoms with Crippen LogP contribution in [-0.2, 0) is 0 Å². The Hall–Kier alpha value is -8.40. The highest BCUT2D eigenvalue weighted by atomic mass is 16.2. The first-order valence-corrected chi connectivity index (χ1v) is 16.8. The second-order valence-corrected chi connectivity index (χ2v) is 13.7. The number of aromatic nitrogens is 6. The summed E-state index contributed by atoms with van der Waals surface area (Å²) in [6, 6.07) is 9.40. The number of carbonyl (C=O) groups is 2. The molecular weight excluding hydrogens is 720 g/mol. The summed E-state index contributed by atoms with van der Waals surface area (Å²) in [5.74, 6) is -3.88. The molecule has 0 unspecified atom stereocenters. The third-order valence-electron chi connectivity index (χ3n) is 10.8. The van der Waals surface area contributed by atoms with E-state index in [0.717, 1.165) is 0 Å². The Labute approximate surface area is 304 Å². The first-order valence-electron chi connectivity index (χ1n) is 16.8. The van der Waals surface area contributed by atoms with E-state index < -0.39 is 67.4 Å². The number of benzene rings is 4. The fraction of sp³-hybridized carbons (Fsp3) is 0. The first kappa shape index (κ1) is 30.1. The minimum atomic E-state index is -1.28. The predicted octanol–water partition coefficient (Wildman–Crippen LogP) is 1.63. The third-order valence-corrected chi connectivity index (χ3v) is 10.8. The number of fused-ring (bicyclic) bond motifs is 18. The van der Waals surface area contributed by atoms with Gasteiger partial charge in [-0.05, 0) is 12.1 Å². The normalized spacial score (nSPS) is 13.3. The number of anilines is 2. The van der Waals surface area contributed by atoms with Gasteiger partial charge in [-0.1, -0.05) is 24.3 Å². The van der Waals surface area contributed by atoms with Crippen molar-refractivity contribution in [3.63, 3.8) is 0 Å². The molecule has 260 valence electrons. The molecule has 0 atom stereocenters. The van der Waals surface area contributed by atoms with Crippen molar-refractivity contribution in [2.24, 2.45) is 0 Å². The summed E-state index contributed by atoms with van der Waals surface area (Å²) < 4.78 is 0. The average molecular weight is 733 g/mol. The summed E-state index contributed by atoms with van der Waals surface area (Å²) >= 11 is 0. The van der Waals surface area contributed by atoms with Gasteiger partial charge in [-0.2, -0.15) is 4.98 Å². The van der Waals surface area contributed by atoms with Gasteiger partial charge in [0.15, 0.2) is 38.8 Å². The summed E-state index contributed by atoms with van der Waals surface area (Å²) in [6.07, 6.45) is 2.55. The maximum Gasteiger partial charge on any atom is 0.295 e. The van der Waals surface area contributed by atoms with E-state index in [2.05, 4.69) is 29.9 Å². The Balaban J connectivity index is 1.30. The van der Waals surface area contributed by atoms with Crippen LogP contribution in [0.2, 0.25) is 0 Å². The van der Waals surface area contributed by atoms with Crippen LogP contribution in [-0.4, -0.2) is 41.5 Å². The van der Waals surface area contributed by atoms with Crippen molar-refractivity contribution >= 4 is 98.5 Å². The fourth-order valence-corrected chi connectivity index (χ4v) is 7.92. The van der Waals surface area contributed by atoms with E-state index in [9.17, 15) is 38.4 Å². The third kappa shape index (κ3) is 3.56. The number of nitrogens with zero attached hydrogens (tertiary/aromatic N) is 6. The Kier molecular flexibility index (Phi) is 5.05. The smallest absolute Gasteiger partial charge is 0.295 e. The highest BCUT2D eigenvalue weighted by molar-refractivity contribution is 6.39. The van der Waals surface area contributed by atoms with E-state index in [1.165, 1.54) is 24.5 Å². The van der Waals surface area contributed by atoms with Gasteiger partial charge in [0, 0.05) is 110 Å². The minimum Gasteiger partial charge on any atom is -0.394 e. The lowest BCUT2D eigenvalue weighted by molar-refractivity contribution is 0.102. The summed E-state index contributed by atoms with van der Waals surface area (Å²) in [7, 11) is 0. The molecule has 3 aliphatic rings. The van der Waals surface area contributed by atoms with Crippen LogP contribution in [0.1, 0.15) is 32.4 Å². The zero-order valence-corrected chi connectivity index (χ0v) is 27.7. The standard InChI is InChI=1S/C40H12N8O8/c41-27-15-13(18-22(31(18)52)25-21(15)33(25)54)7-43-36-9-3-1-2-4-10(9)37(46-36)44-8-14-19-23(32(19)53)26-24(34(26)55)20(14)35(42)45-38-28(49)11-5-6-12(17-16(11)30(17)51)29(50)39(47-38)48-40(27)56/h1-8H,41H2,(H2,42,45,47,48,56). The molecule has 4 N–H and O–H groups in total. The molecule has 6 bridgehead atoms. The topological polar surface area (TPSA) is 266 Å².